The van der Waals surface area contributed by atoms with Gasteiger partial charge in [0.25, 0.3) is 12.3 Å². The molecule has 4 rings (SSSR count). The summed E-state index contributed by atoms with van der Waals surface area (Å²) in [6, 6.07) is 10.8. The number of nitrogens with zero attached hydrogens (tertiary/aromatic N) is 2. The highest BCUT2D eigenvalue weighted by atomic mass is 32.2. The second kappa shape index (κ2) is 8.51. The summed E-state index contributed by atoms with van der Waals surface area (Å²) in [7, 11) is 0. The van der Waals surface area contributed by atoms with Gasteiger partial charge in [-0.2, -0.15) is 11.8 Å². The van der Waals surface area contributed by atoms with E-state index in [2.05, 4.69) is 26.3 Å². The Morgan fingerprint density at radius 3 is 2.79 bits per heavy atom. The summed E-state index contributed by atoms with van der Waals surface area (Å²) in [4.78, 5) is 21.6. The minimum Gasteiger partial charge on any atom is -0.337 e. The number of fused-ring (bicyclic) bond motifs is 1. The van der Waals surface area contributed by atoms with Gasteiger partial charge in [0.15, 0.2) is 5.82 Å². The molecule has 1 amide bonds. The molecule has 2 heterocycles. The van der Waals surface area contributed by atoms with E-state index < -0.39 is 12.2 Å². The molecule has 1 aliphatic rings. The molecule has 1 aliphatic heterocycles. The lowest BCUT2D eigenvalue weighted by Gasteiger charge is -2.26. The molecule has 0 aliphatic carbocycles. The molecule has 2 aromatic carbocycles. The zero-order valence-corrected chi connectivity index (χ0v) is 16.9. The van der Waals surface area contributed by atoms with Crippen molar-refractivity contribution >= 4 is 34.4 Å². The molecule has 0 spiro atoms. The molecular formula is C21H22F2N4OS. The lowest BCUT2D eigenvalue weighted by Crippen LogP contribution is -2.32. The van der Waals surface area contributed by atoms with Crippen LogP contribution in [0.15, 0.2) is 36.4 Å². The average molecular weight is 416 g/mol. The van der Waals surface area contributed by atoms with Gasteiger partial charge in [0, 0.05) is 42.4 Å². The molecule has 2 N–H and O–H groups in total. The number of H-pyrrole nitrogens is 1. The topological polar surface area (TPSA) is 61.0 Å². The van der Waals surface area contributed by atoms with Gasteiger partial charge >= 0.3 is 0 Å². The van der Waals surface area contributed by atoms with Crippen molar-refractivity contribution in [2.24, 2.45) is 0 Å². The van der Waals surface area contributed by atoms with Crippen molar-refractivity contribution in [3.8, 4) is 0 Å². The number of aryl methyl sites for hydroxylation is 1. The molecule has 1 aromatic heterocycles. The van der Waals surface area contributed by atoms with E-state index in [9.17, 15) is 13.6 Å². The maximum Gasteiger partial charge on any atom is 0.295 e. The van der Waals surface area contributed by atoms with E-state index in [1.165, 1.54) is 0 Å². The summed E-state index contributed by atoms with van der Waals surface area (Å²) in [5.74, 6) is 1.63. The zero-order chi connectivity index (χ0) is 20.4. The number of carbonyl (C=O) groups excluding carboxylic acids is 1. The predicted octanol–water partition coefficient (Wildman–Crippen LogP) is 4.61. The fourth-order valence-electron chi connectivity index (χ4n) is 3.39. The highest BCUT2D eigenvalue weighted by Crippen LogP contribution is 2.23. The number of amides is 1. The fourth-order valence-corrected chi connectivity index (χ4v) is 4.37. The number of aromatic amines is 1. The van der Waals surface area contributed by atoms with Crippen LogP contribution in [0.1, 0.15) is 33.7 Å². The average Bonchev–Trinajstić information content (AvgIpc) is 3.15. The molecule has 8 heteroatoms. The third-order valence-corrected chi connectivity index (χ3v) is 5.97. The number of aromatic nitrogens is 2. The Bertz CT molecular complexity index is 1030. The highest BCUT2D eigenvalue weighted by molar-refractivity contribution is 7.99. The molecule has 29 heavy (non-hydrogen) atoms. The van der Waals surface area contributed by atoms with Crippen LogP contribution in [0.2, 0.25) is 0 Å². The largest absolute Gasteiger partial charge is 0.337 e. The van der Waals surface area contributed by atoms with Crippen LogP contribution in [0.3, 0.4) is 0 Å². The number of carbonyl (C=O) groups is 1. The molecule has 3 aromatic rings. The zero-order valence-electron chi connectivity index (χ0n) is 16.0. The van der Waals surface area contributed by atoms with Crippen molar-refractivity contribution in [3.05, 3.63) is 58.9 Å². The van der Waals surface area contributed by atoms with Crippen LogP contribution in [0.4, 0.5) is 14.5 Å². The van der Waals surface area contributed by atoms with Crippen molar-refractivity contribution in [3.63, 3.8) is 0 Å². The molecular weight excluding hydrogens is 394 g/mol. The van der Waals surface area contributed by atoms with E-state index in [4.69, 9.17) is 0 Å². The Labute approximate surface area is 171 Å². The third-order valence-electron chi connectivity index (χ3n) is 5.03. The van der Waals surface area contributed by atoms with Crippen LogP contribution < -0.4 is 5.32 Å². The number of halogens is 2. The monoisotopic (exact) mass is 416 g/mol. The Morgan fingerprint density at radius 2 is 2.03 bits per heavy atom. The van der Waals surface area contributed by atoms with Gasteiger partial charge in [-0.25, -0.2) is 13.8 Å². The number of benzene rings is 2. The lowest BCUT2D eigenvalue weighted by atomic mass is 10.1. The summed E-state index contributed by atoms with van der Waals surface area (Å²) in [5.41, 5.74) is 4.11. The molecule has 0 radical (unpaired) electrons. The normalized spacial score (nSPS) is 15.2. The predicted molar refractivity (Wildman–Crippen MR) is 113 cm³/mol. The van der Waals surface area contributed by atoms with Gasteiger partial charge in [0.1, 0.15) is 0 Å². The number of anilines is 1. The summed E-state index contributed by atoms with van der Waals surface area (Å²) in [5, 5.41) is 2.95. The van der Waals surface area contributed by atoms with Crippen LogP contribution in [0.25, 0.3) is 11.0 Å². The Balaban J connectivity index is 1.51. The first kappa shape index (κ1) is 19.8. The Hall–Kier alpha value is -2.45. The number of hydrogen-bond acceptors (Lipinski definition) is 4. The standard InChI is InChI=1S/C21H22F2N4OS/c1-13-2-3-14(12-27-6-8-29-9-7-27)10-17(13)26-21(28)15-4-5-16-18(11-15)25-20(24-16)19(22)23/h2-5,10-11,19H,6-9,12H2,1H3,(H,24,25)(H,26,28). The van der Waals surface area contributed by atoms with Gasteiger partial charge in [-0.1, -0.05) is 12.1 Å². The van der Waals surface area contributed by atoms with E-state index in [-0.39, 0.29) is 5.91 Å². The van der Waals surface area contributed by atoms with Crippen LogP contribution in [0, 0.1) is 6.92 Å². The number of imidazole rings is 1. The molecule has 0 saturated carbocycles. The molecule has 0 bridgehead atoms. The second-order valence-electron chi connectivity index (χ2n) is 7.15. The summed E-state index contributed by atoms with van der Waals surface area (Å²) in [6.07, 6.45) is -2.68. The van der Waals surface area contributed by atoms with Crippen molar-refractivity contribution in [1.29, 1.82) is 0 Å². The smallest absolute Gasteiger partial charge is 0.295 e. The molecule has 0 unspecified atom stereocenters. The number of rotatable bonds is 5. The maximum atomic E-state index is 12.8. The van der Waals surface area contributed by atoms with Crippen LogP contribution >= 0.6 is 11.8 Å². The van der Waals surface area contributed by atoms with Crippen LogP contribution in [0.5, 0.6) is 0 Å². The van der Waals surface area contributed by atoms with E-state index in [0.717, 1.165) is 48.0 Å². The molecule has 1 fully saturated rings. The highest BCUT2D eigenvalue weighted by Gasteiger charge is 2.16. The fraction of sp³-hybridized carbons (Fsp3) is 0.333. The van der Waals surface area contributed by atoms with Crippen LogP contribution in [-0.4, -0.2) is 45.4 Å². The Kier molecular flexibility index (Phi) is 5.82. The quantitative estimate of drug-likeness (QED) is 0.638. The first-order valence-electron chi connectivity index (χ1n) is 9.48. The van der Waals surface area contributed by atoms with Crippen molar-refractivity contribution in [1.82, 2.24) is 14.9 Å². The van der Waals surface area contributed by atoms with Crippen molar-refractivity contribution in [2.75, 3.05) is 29.9 Å². The number of hydrogen-bond donors (Lipinski definition) is 2. The number of nitrogens with one attached hydrogen (secondary N) is 2. The van der Waals surface area contributed by atoms with Crippen LogP contribution in [-0.2, 0) is 6.54 Å². The van der Waals surface area contributed by atoms with Gasteiger partial charge < -0.3 is 10.3 Å². The SMILES string of the molecule is Cc1ccc(CN2CCSCC2)cc1NC(=O)c1ccc2nc(C(F)F)[nH]c2c1. The van der Waals surface area contributed by atoms with Gasteiger partial charge in [-0.05, 0) is 42.3 Å². The molecule has 1 saturated heterocycles. The maximum absolute atomic E-state index is 12.8. The molecule has 5 nitrogen and oxygen atoms in total. The lowest BCUT2D eigenvalue weighted by molar-refractivity contribution is 0.102. The van der Waals surface area contributed by atoms with Gasteiger partial charge in [0.05, 0.1) is 11.0 Å². The van der Waals surface area contributed by atoms with Crippen molar-refractivity contribution < 1.29 is 13.6 Å². The molecule has 0 atom stereocenters. The number of alkyl halides is 2. The minimum atomic E-state index is -2.68. The van der Waals surface area contributed by atoms with Gasteiger partial charge in [0.2, 0.25) is 0 Å². The Morgan fingerprint density at radius 1 is 1.24 bits per heavy atom. The van der Waals surface area contributed by atoms with Crippen molar-refractivity contribution in [2.45, 2.75) is 19.9 Å². The van der Waals surface area contributed by atoms with E-state index >= 15 is 0 Å². The van der Waals surface area contributed by atoms with Gasteiger partial charge in [-0.3, -0.25) is 9.69 Å². The third kappa shape index (κ3) is 4.59. The first-order chi connectivity index (χ1) is 14.0. The minimum absolute atomic E-state index is 0.283. The van der Waals surface area contributed by atoms with E-state index in [0.29, 0.717) is 16.6 Å². The van der Waals surface area contributed by atoms with Gasteiger partial charge in [-0.15, -0.1) is 0 Å². The molecule has 152 valence electrons. The summed E-state index contributed by atoms with van der Waals surface area (Å²) >= 11 is 1.98. The number of thioether (sulfide) groups is 1. The summed E-state index contributed by atoms with van der Waals surface area (Å²) < 4.78 is 25.6. The summed E-state index contributed by atoms with van der Waals surface area (Å²) in [6.45, 7) is 4.96. The van der Waals surface area contributed by atoms with E-state index in [1.54, 1.807) is 18.2 Å². The van der Waals surface area contributed by atoms with E-state index in [1.807, 2.05) is 30.8 Å². The first-order valence-corrected chi connectivity index (χ1v) is 10.6. The second-order valence-corrected chi connectivity index (χ2v) is 8.37.